The van der Waals surface area contributed by atoms with Gasteiger partial charge in [-0.2, -0.15) is 0 Å². The Morgan fingerprint density at radius 1 is 1.21 bits per heavy atom. The van der Waals surface area contributed by atoms with E-state index < -0.39 is 11.9 Å². The molecule has 2 aromatic carbocycles. The summed E-state index contributed by atoms with van der Waals surface area (Å²) < 4.78 is 5.22. The van der Waals surface area contributed by atoms with Crippen LogP contribution in [0.15, 0.2) is 36.4 Å². The van der Waals surface area contributed by atoms with Crippen LogP contribution in [0.5, 0.6) is 5.75 Å². The zero-order chi connectivity index (χ0) is 17.3. The zero-order valence-corrected chi connectivity index (χ0v) is 12.9. The van der Waals surface area contributed by atoms with Gasteiger partial charge in [-0.05, 0) is 36.4 Å². The predicted octanol–water partition coefficient (Wildman–Crippen LogP) is 2.62. The zero-order valence-electron chi connectivity index (χ0n) is 12.1. The molecule has 0 fully saturated rings. The van der Waals surface area contributed by atoms with Gasteiger partial charge in [-0.3, -0.25) is 9.59 Å². The molecular formula is C16H11ClN2O5. The van der Waals surface area contributed by atoms with Crippen molar-refractivity contribution in [1.82, 2.24) is 0 Å². The molecule has 2 amide bonds. The number of amides is 2. The van der Waals surface area contributed by atoms with Crippen LogP contribution in [0.3, 0.4) is 0 Å². The van der Waals surface area contributed by atoms with Crippen molar-refractivity contribution in [1.29, 1.82) is 0 Å². The number of halogens is 1. The second-order valence-corrected chi connectivity index (χ2v) is 5.41. The van der Waals surface area contributed by atoms with Crippen LogP contribution >= 0.6 is 11.6 Å². The molecule has 0 spiro atoms. The number of ether oxygens (including phenoxy) is 1. The molecule has 0 aliphatic carbocycles. The molecule has 3 rings (SSSR count). The number of hydrogen-bond donors (Lipinski definition) is 3. The fraction of sp³-hybridized carbons (Fsp3) is 0.0625. The van der Waals surface area contributed by atoms with Crippen molar-refractivity contribution in [3.8, 4) is 5.75 Å². The highest BCUT2D eigenvalue weighted by Crippen LogP contribution is 2.29. The SMILES string of the molecule is O=C1COc2ccc(C(=O)Nc3ccc(Cl)c(C(=O)O)c3)cc2N1. The normalized spacial score (nSPS) is 12.6. The average Bonchev–Trinajstić information content (AvgIpc) is 2.55. The first kappa shape index (κ1) is 15.8. The second kappa shape index (κ2) is 6.21. The number of carboxylic acids is 1. The summed E-state index contributed by atoms with van der Waals surface area (Å²) in [6.07, 6.45) is 0. The molecule has 3 N–H and O–H groups in total. The molecule has 7 nitrogen and oxygen atoms in total. The maximum Gasteiger partial charge on any atom is 0.337 e. The quantitative estimate of drug-likeness (QED) is 0.792. The number of carboxylic acid groups (broad SMARTS) is 1. The van der Waals surface area contributed by atoms with E-state index in [1.165, 1.54) is 24.3 Å². The average molecular weight is 347 g/mol. The first-order chi connectivity index (χ1) is 11.4. The summed E-state index contributed by atoms with van der Waals surface area (Å²) in [6.45, 7) is -0.0682. The minimum Gasteiger partial charge on any atom is -0.482 e. The van der Waals surface area contributed by atoms with Crippen LogP contribution < -0.4 is 15.4 Å². The lowest BCUT2D eigenvalue weighted by molar-refractivity contribution is -0.118. The number of carbonyl (C=O) groups is 3. The van der Waals surface area contributed by atoms with Gasteiger partial charge < -0.3 is 20.5 Å². The van der Waals surface area contributed by atoms with E-state index in [4.69, 9.17) is 21.4 Å². The van der Waals surface area contributed by atoms with E-state index in [0.29, 0.717) is 17.1 Å². The Hall–Kier alpha value is -3.06. The lowest BCUT2D eigenvalue weighted by Crippen LogP contribution is -2.25. The van der Waals surface area contributed by atoms with Gasteiger partial charge in [0.2, 0.25) is 0 Å². The van der Waals surface area contributed by atoms with Crippen molar-refractivity contribution < 1.29 is 24.2 Å². The number of carbonyl (C=O) groups excluding carboxylic acids is 2. The van der Waals surface area contributed by atoms with Gasteiger partial charge in [0.25, 0.3) is 11.8 Å². The number of aromatic carboxylic acids is 1. The summed E-state index contributed by atoms with van der Waals surface area (Å²) in [7, 11) is 0. The van der Waals surface area contributed by atoms with Gasteiger partial charge in [-0.1, -0.05) is 11.6 Å². The first-order valence-electron chi connectivity index (χ1n) is 6.85. The lowest BCUT2D eigenvalue weighted by Gasteiger charge is -2.18. The smallest absolute Gasteiger partial charge is 0.337 e. The Morgan fingerprint density at radius 3 is 2.75 bits per heavy atom. The van der Waals surface area contributed by atoms with E-state index >= 15 is 0 Å². The van der Waals surface area contributed by atoms with Gasteiger partial charge >= 0.3 is 5.97 Å². The lowest BCUT2D eigenvalue weighted by atomic mass is 10.1. The molecule has 2 aromatic rings. The molecule has 1 aliphatic heterocycles. The summed E-state index contributed by atoms with van der Waals surface area (Å²) >= 11 is 5.79. The third-order valence-corrected chi connectivity index (χ3v) is 3.66. The summed E-state index contributed by atoms with van der Waals surface area (Å²) in [6, 6.07) is 8.76. The van der Waals surface area contributed by atoms with Gasteiger partial charge in [-0.25, -0.2) is 4.79 Å². The van der Waals surface area contributed by atoms with Crippen LogP contribution in [0.1, 0.15) is 20.7 Å². The van der Waals surface area contributed by atoms with Gasteiger partial charge in [0.1, 0.15) is 5.75 Å². The summed E-state index contributed by atoms with van der Waals surface area (Å²) in [5.74, 6) is -1.48. The van der Waals surface area contributed by atoms with Crippen LogP contribution in [-0.4, -0.2) is 29.5 Å². The van der Waals surface area contributed by atoms with Crippen molar-refractivity contribution in [3.05, 3.63) is 52.5 Å². The molecule has 0 atom stereocenters. The Morgan fingerprint density at radius 2 is 2.00 bits per heavy atom. The Kier molecular flexibility index (Phi) is 4.09. The van der Waals surface area contributed by atoms with Crippen molar-refractivity contribution >= 4 is 40.8 Å². The van der Waals surface area contributed by atoms with E-state index in [-0.39, 0.29) is 28.7 Å². The number of nitrogens with one attached hydrogen (secondary N) is 2. The monoisotopic (exact) mass is 346 g/mol. The largest absolute Gasteiger partial charge is 0.482 e. The molecule has 122 valence electrons. The number of rotatable bonds is 3. The topological polar surface area (TPSA) is 105 Å². The molecule has 1 aliphatic rings. The molecule has 0 saturated heterocycles. The van der Waals surface area contributed by atoms with Crippen molar-refractivity contribution in [2.24, 2.45) is 0 Å². The third kappa shape index (κ3) is 3.16. The predicted molar refractivity (Wildman–Crippen MR) is 86.9 cm³/mol. The highest BCUT2D eigenvalue weighted by molar-refractivity contribution is 6.33. The maximum atomic E-state index is 12.3. The highest BCUT2D eigenvalue weighted by Gasteiger charge is 2.18. The van der Waals surface area contributed by atoms with Gasteiger partial charge in [0.15, 0.2) is 6.61 Å². The maximum absolute atomic E-state index is 12.3. The fourth-order valence-corrected chi connectivity index (χ4v) is 2.39. The highest BCUT2D eigenvalue weighted by atomic mass is 35.5. The third-order valence-electron chi connectivity index (χ3n) is 3.33. The van der Waals surface area contributed by atoms with Crippen molar-refractivity contribution in [2.45, 2.75) is 0 Å². The van der Waals surface area contributed by atoms with Crippen molar-refractivity contribution in [3.63, 3.8) is 0 Å². The Bertz CT molecular complexity index is 866. The van der Waals surface area contributed by atoms with E-state index in [9.17, 15) is 14.4 Å². The molecule has 0 aromatic heterocycles. The number of hydrogen-bond acceptors (Lipinski definition) is 4. The van der Waals surface area contributed by atoms with E-state index in [2.05, 4.69) is 10.6 Å². The standard InChI is InChI=1S/C16H11ClN2O5/c17-11-3-2-9(6-10(11)16(22)23)18-15(21)8-1-4-13-12(5-8)19-14(20)7-24-13/h1-6H,7H2,(H,18,21)(H,19,20)(H,22,23). The van der Waals surface area contributed by atoms with Crippen LogP contribution in [0.25, 0.3) is 0 Å². The summed E-state index contributed by atoms with van der Waals surface area (Å²) in [5.41, 5.74) is 0.869. The molecular weight excluding hydrogens is 336 g/mol. The van der Waals surface area contributed by atoms with Gasteiger partial charge in [-0.15, -0.1) is 0 Å². The number of anilines is 2. The van der Waals surface area contributed by atoms with E-state index in [0.717, 1.165) is 0 Å². The van der Waals surface area contributed by atoms with Crippen LogP contribution in [0, 0.1) is 0 Å². The first-order valence-corrected chi connectivity index (χ1v) is 7.23. The molecule has 0 unspecified atom stereocenters. The van der Waals surface area contributed by atoms with Gasteiger partial charge in [0.05, 0.1) is 16.3 Å². The van der Waals surface area contributed by atoms with Gasteiger partial charge in [0, 0.05) is 11.3 Å². The molecule has 1 heterocycles. The summed E-state index contributed by atoms with van der Waals surface area (Å²) in [5, 5.41) is 14.3. The number of fused-ring (bicyclic) bond motifs is 1. The van der Waals surface area contributed by atoms with Crippen LogP contribution in [0.2, 0.25) is 5.02 Å². The second-order valence-electron chi connectivity index (χ2n) is 5.00. The minimum absolute atomic E-state index is 0.0682. The minimum atomic E-state index is -1.19. The fourth-order valence-electron chi connectivity index (χ4n) is 2.19. The number of benzene rings is 2. The van der Waals surface area contributed by atoms with Crippen molar-refractivity contribution in [2.75, 3.05) is 17.2 Å². The van der Waals surface area contributed by atoms with Crippen LogP contribution in [0.4, 0.5) is 11.4 Å². The summed E-state index contributed by atoms with van der Waals surface area (Å²) in [4.78, 5) is 34.7. The molecule has 8 heteroatoms. The molecule has 0 bridgehead atoms. The van der Waals surface area contributed by atoms with Crippen LogP contribution in [-0.2, 0) is 4.79 Å². The molecule has 0 radical (unpaired) electrons. The van der Waals surface area contributed by atoms with E-state index in [1.54, 1.807) is 12.1 Å². The Balaban J connectivity index is 1.83. The molecule has 24 heavy (non-hydrogen) atoms. The molecule has 0 saturated carbocycles. The Labute approximate surface area is 141 Å². The van der Waals surface area contributed by atoms with E-state index in [1.807, 2.05) is 0 Å².